The topological polar surface area (TPSA) is 119 Å². The molecule has 132 valence electrons. The molecule has 23 heavy (non-hydrogen) atoms. The first-order chi connectivity index (χ1) is 10.6. The molecule has 0 saturated heterocycles. The number of rotatable bonds is 5. The number of aliphatic imine (C=N–C) groups is 1. The molecule has 0 aromatic rings. The average molecular weight is 343 g/mol. The second kappa shape index (κ2) is 6.43. The van der Waals surface area contributed by atoms with Gasteiger partial charge in [0.1, 0.15) is 5.84 Å². The van der Waals surface area contributed by atoms with E-state index < -0.39 is 15.4 Å². The van der Waals surface area contributed by atoms with E-state index in [1.54, 1.807) is 14.0 Å². The Bertz CT molecular complexity index is 610. The van der Waals surface area contributed by atoms with E-state index in [-0.39, 0.29) is 17.4 Å². The van der Waals surface area contributed by atoms with Crippen molar-refractivity contribution in [3.05, 3.63) is 11.3 Å². The molecule has 0 aromatic carbocycles. The van der Waals surface area contributed by atoms with Crippen molar-refractivity contribution in [1.82, 2.24) is 0 Å². The maximum atomic E-state index is 11.8. The van der Waals surface area contributed by atoms with Gasteiger partial charge in [-0.25, -0.2) is 8.42 Å². The molecule has 0 aromatic heterocycles. The number of allylic oxidation sites excluding steroid dienone is 1. The summed E-state index contributed by atoms with van der Waals surface area (Å²) >= 11 is 0. The minimum absolute atomic E-state index is 0.0811. The molecule has 0 spiro atoms. The number of nitrogens with zero attached hydrogens (tertiary/aromatic N) is 1. The number of hydrogen-bond donors (Lipinski definition) is 3. The van der Waals surface area contributed by atoms with Crippen LogP contribution in [0.4, 0.5) is 0 Å². The lowest BCUT2D eigenvalue weighted by atomic mass is 9.92. The summed E-state index contributed by atoms with van der Waals surface area (Å²) < 4.78 is 23.7. The summed E-state index contributed by atoms with van der Waals surface area (Å²) in [6.07, 6.45) is 2.88. The highest BCUT2D eigenvalue weighted by atomic mass is 32.2. The van der Waals surface area contributed by atoms with Crippen LogP contribution in [0.1, 0.15) is 39.5 Å². The summed E-state index contributed by atoms with van der Waals surface area (Å²) in [4.78, 5) is 3.98. The zero-order valence-corrected chi connectivity index (χ0v) is 15.1. The van der Waals surface area contributed by atoms with Crippen molar-refractivity contribution in [3.63, 3.8) is 0 Å². The lowest BCUT2D eigenvalue weighted by molar-refractivity contribution is 0.0606. The van der Waals surface area contributed by atoms with E-state index in [2.05, 4.69) is 4.99 Å². The van der Waals surface area contributed by atoms with Crippen LogP contribution in [0.15, 0.2) is 16.3 Å². The first kappa shape index (κ1) is 18.3. The van der Waals surface area contributed by atoms with Crippen LogP contribution in [0.3, 0.4) is 0 Å². The van der Waals surface area contributed by atoms with Gasteiger partial charge < -0.3 is 16.6 Å². The van der Waals surface area contributed by atoms with Crippen LogP contribution in [-0.2, 0) is 9.84 Å². The molecule has 2 fully saturated rings. The number of fused-ring (bicyclic) bond motifs is 1. The van der Waals surface area contributed by atoms with Gasteiger partial charge in [-0.05, 0) is 50.4 Å². The van der Waals surface area contributed by atoms with Crippen molar-refractivity contribution >= 4 is 15.7 Å². The van der Waals surface area contributed by atoms with Gasteiger partial charge >= 0.3 is 0 Å². The third-order valence-electron chi connectivity index (χ3n) is 5.55. The van der Waals surface area contributed by atoms with Crippen molar-refractivity contribution in [1.29, 1.82) is 0 Å². The van der Waals surface area contributed by atoms with Crippen molar-refractivity contribution in [2.75, 3.05) is 18.6 Å². The summed E-state index contributed by atoms with van der Waals surface area (Å²) in [6, 6.07) is 0. The molecule has 6 nitrogen and oxygen atoms in total. The summed E-state index contributed by atoms with van der Waals surface area (Å²) in [7, 11) is -1.52. The standard InChI is InChI=1S/C16H29N3O3S/c1-4-23(21,22)9-16(20)7-12-5-11(6-13(12)8-16)14(17)10(2)15(18)19-3/h11-13,20H,4-9,17H2,1-3H3,(H2,18,19)/b14-10-. The highest BCUT2D eigenvalue weighted by Gasteiger charge is 2.50. The maximum Gasteiger partial charge on any atom is 0.152 e. The van der Waals surface area contributed by atoms with Crippen molar-refractivity contribution < 1.29 is 13.5 Å². The van der Waals surface area contributed by atoms with E-state index >= 15 is 0 Å². The minimum Gasteiger partial charge on any atom is -0.401 e. The van der Waals surface area contributed by atoms with E-state index in [4.69, 9.17) is 11.5 Å². The second-order valence-corrected chi connectivity index (χ2v) is 9.54. The van der Waals surface area contributed by atoms with Crippen LogP contribution < -0.4 is 11.5 Å². The average Bonchev–Trinajstić information content (AvgIpc) is 2.98. The van der Waals surface area contributed by atoms with E-state index in [9.17, 15) is 13.5 Å². The normalized spacial score (nSPS) is 36.0. The summed E-state index contributed by atoms with van der Waals surface area (Å²) in [5, 5.41) is 10.7. The summed E-state index contributed by atoms with van der Waals surface area (Å²) in [6.45, 7) is 3.51. The molecule has 0 radical (unpaired) electrons. The van der Waals surface area contributed by atoms with E-state index in [0.717, 1.165) is 24.1 Å². The van der Waals surface area contributed by atoms with Crippen LogP contribution in [-0.4, -0.2) is 43.5 Å². The van der Waals surface area contributed by atoms with E-state index in [1.807, 2.05) is 6.92 Å². The van der Waals surface area contributed by atoms with Gasteiger partial charge in [0.25, 0.3) is 0 Å². The van der Waals surface area contributed by atoms with Crippen molar-refractivity contribution in [2.45, 2.75) is 45.1 Å². The molecule has 0 bridgehead atoms. The fourth-order valence-corrected chi connectivity index (χ4v) is 5.53. The molecule has 0 heterocycles. The lowest BCUT2D eigenvalue weighted by Crippen LogP contribution is -2.36. The number of hydrogen-bond acceptors (Lipinski definition) is 5. The van der Waals surface area contributed by atoms with Crippen LogP contribution in [0.2, 0.25) is 0 Å². The molecule has 2 rings (SSSR count). The third-order valence-corrected chi connectivity index (χ3v) is 7.41. The van der Waals surface area contributed by atoms with Gasteiger partial charge in [-0.3, -0.25) is 4.99 Å². The number of sulfone groups is 1. The first-order valence-electron chi connectivity index (χ1n) is 8.22. The minimum atomic E-state index is -3.17. The molecule has 2 saturated carbocycles. The Kier molecular flexibility index (Phi) is 5.11. The summed E-state index contributed by atoms with van der Waals surface area (Å²) in [5.41, 5.74) is 12.6. The molecule has 0 aliphatic heterocycles. The van der Waals surface area contributed by atoms with E-state index in [0.29, 0.717) is 30.5 Å². The molecule has 2 unspecified atom stereocenters. The Morgan fingerprint density at radius 1 is 1.26 bits per heavy atom. The monoisotopic (exact) mass is 343 g/mol. The van der Waals surface area contributed by atoms with Crippen LogP contribution in [0.5, 0.6) is 0 Å². The number of aliphatic hydroxyl groups is 1. The Morgan fingerprint density at radius 3 is 2.22 bits per heavy atom. The molecular weight excluding hydrogens is 314 g/mol. The van der Waals surface area contributed by atoms with Crippen molar-refractivity contribution in [2.24, 2.45) is 34.2 Å². The van der Waals surface area contributed by atoms with Gasteiger partial charge in [0.05, 0.1) is 11.4 Å². The SMILES string of the molecule is CCS(=O)(=O)CC1(O)CC2CC(/C(N)=C(\C)C(N)=NC)CC2C1. The molecule has 7 heteroatoms. The predicted molar refractivity (Wildman–Crippen MR) is 92.6 cm³/mol. The fraction of sp³-hybridized carbons (Fsp3) is 0.812. The summed E-state index contributed by atoms with van der Waals surface area (Å²) in [5.74, 6) is 1.35. The van der Waals surface area contributed by atoms with Crippen molar-refractivity contribution in [3.8, 4) is 0 Å². The fourth-order valence-electron chi connectivity index (χ4n) is 4.28. The molecule has 2 aliphatic rings. The van der Waals surface area contributed by atoms with Crippen LogP contribution >= 0.6 is 0 Å². The third kappa shape index (κ3) is 3.88. The van der Waals surface area contributed by atoms with Gasteiger partial charge in [0.2, 0.25) is 0 Å². The van der Waals surface area contributed by atoms with Gasteiger partial charge in [-0.15, -0.1) is 0 Å². The maximum absolute atomic E-state index is 11.8. The highest BCUT2D eigenvalue weighted by molar-refractivity contribution is 7.91. The smallest absolute Gasteiger partial charge is 0.152 e. The Balaban J connectivity index is 2.06. The second-order valence-electron chi connectivity index (χ2n) is 7.19. The van der Waals surface area contributed by atoms with Crippen LogP contribution in [0.25, 0.3) is 0 Å². The highest BCUT2D eigenvalue weighted by Crippen LogP contribution is 2.52. The molecule has 2 aliphatic carbocycles. The Morgan fingerprint density at radius 2 is 1.78 bits per heavy atom. The van der Waals surface area contributed by atoms with Crippen LogP contribution in [0, 0.1) is 17.8 Å². The predicted octanol–water partition coefficient (Wildman–Crippen LogP) is 0.808. The lowest BCUT2D eigenvalue weighted by Gasteiger charge is -2.24. The Labute approximate surface area is 139 Å². The van der Waals surface area contributed by atoms with Gasteiger partial charge in [0.15, 0.2) is 9.84 Å². The molecule has 2 atom stereocenters. The molecule has 0 amide bonds. The number of nitrogens with two attached hydrogens (primary N) is 2. The molecular formula is C16H29N3O3S. The zero-order valence-electron chi connectivity index (χ0n) is 14.2. The van der Waals surface area contributed by atoms with Gasteiger partial charge in [0, 0.05) is 24.1 Å². The number of amidine groups is 1. The van der Waals surface area contributed by atoms with Gasteiger partial charge in [-0.1, -0.05) is 6.92 Å². The first-order valence-corrected chi connectivity index (χ1v) is 10.0. The Hall–Kier alpha value is -1.08. The largest absolute Gasteiger partial charge is 0.401 e. The van der Waals surface area contributed by atoms with Gasteiger partial charge in [-0.2, -0.15) is 0 Å². The van der Waals surface area contributed by atoms with E-state index in [1.165, 1.54) is 0 Å². The zero-order chi connectivity index (χ0) is 17.4. The quantitative estimate of drug-likeness (QED) is 0.504. The molecule has 5 N–H and O–H groups in total.